The second kappa shape index (κ2) is 6.23. The molecule has 0 radical (unpaired) electrons. The van der Waals surface area contributed by atoms with E-state index in [1.807, 2.05) is 25.1 Å². The number of aryl methyl sites for hydroxylation is 1. The lowest BCUT2D eigenvalue weighted by Gasteiger charge is -2.30. The van der Waals surface area contributed by atoms with Gasteiger partial charge in [-0.15, -0.1) is 0 Å². The Balaban J connectivity index is 2.30. The van der Waals surface area contributed by atoms with Crippen LogP contribution in [0.5, 0.6) is 0 Å². The molecule has 1 aromatic heterocycles. The molecule has 3 heteroatoms. The molecule has 0 unspecified atom stereocenters. The van der Waals surface area contributed by atoms with E-state index < -0.39 is 0 Å². The Morgan fingerprint density at radius 2 is 1.90 bits per heavy atom. The average Bonchev–Trinajstić information content (AvgIpc) is 2.49. The van der Waals surface area contributed by atoms with Crippen LogP contribution < -0.4 is 5.32 Å². The van der Waals surface area contributed by atoms with Crippen LogP contribution in [-0.2, 0) is 0 Å². The van der Waals surface area contributed by atoms with Gasteiger partial charge in [0, 0.05) is 28.7 Å². The van der Waals surface area contributed by atoms with Gasteiger partial charge in [-0.1, -0.05) is 32.0 Å². The van der Waals surface area contributed by atoms with Crippen molar-refractivity contribution in [3.63, 3.8) is 0 Å². The van der Waals surface area contributed by atoms with Crippen molar-refractivity contribution in [2.24, 2.45) is 5.41 Å². The number of hydrogen-bond acceptors (Lipinski definition) is 3. The van der Waals surface area contributed by atoms with Crippen molar-refractivity contribution >= 4 is 16.6 Å². The highest BCUT2D eigenvalue weighted by Gasteiger charge is 2.25. The Bertz CT molecular complexity index is 568. The van der Waals surface area contributed by atoms with E-state index in [0.717, 1.165) is 41.7 Å². The maximum absolute atomic E-state index is 9.67. The highest BCUT2D eigenvalue weighted by Crippen LogP contribution is 2.28. The smallest absolute Gasteiger partial charge is 0.0725 e. The first kappa shape index (κ1) is 14.8. The van der Waals surface area contributed by atoms with Crippen molar-refractivity contribution < 1.29 is 5.11 Å². The minimum atomic E-state index is -0.0434. The summed E-state index contributed by atoms with van der Waals surface area (Å²) in [5, 5.41) is 14.3. The van der Waals surface area contributed by atoms with E-state index in [-0.39, 0.29) is 12.0 Å². The first-order valence-electron chi connectivity index (χ1n) is 7.35. The Hall–Kier alpha value is -1.61. The number of aliphatic hydroxyl groups is 1. The lowest BCUT2D eigenvalue weighted by molar-refractivity contribution is 0.127. The summed E-state index contributed by atoms with van der Waals surface area (Å²) >= 11 is 0. The first-order chi connectivity index (χ1) is 9.64. The monoisotopic (exact) mass is 272 g/mol. The van der Waals surface area contributed by atoms with E-state index in [2.05, 4.69) is 36.3 Å². The molecule has 0 aliphatic heterocycles. The molecule has 0 aliphatic rings. The van der Waals surface area contributed by atoms with Crippen LogP contribution in [-0.4, -0.2) is 23.2 Å². The fourth-order valence-corrected chi connectivity index (χ4v) is 2.52. The summed E-state index contributed by atoms with van der Waals surface area (Å²) in [6.07, 6.45) is 1.93. The van der Waals surface area contributed by atoms with Gasteiger partial charge in [-0.25, -0.2) is 0 Å². The summed E-state index contributed by atoms with van der Waals surface area (Å²) in [4.78, 5) is 4.55. The maximum Gasteiger partial charge on any atom is 0.0725 e. The van der Waals surface area contributed by atoms with Crippen LogP contribution >= 0.6 is 0 Å². The Labute approximate surface area is 121 Å². The third-order valence-electron chi connectivity index (χ3n) is 4.33. The van der Waals surface area contributed by atoms with Gasteiger partial charge in [0.05, 0.1) is 12.1 Å². The number of fused-ring (bicyclic) bond motifs is 1. The molecule has 2 N–H and O–H groups in total. The molecule has 2 aromatic rings. The average molecular weight is 272 g/mol. The quantitative estimate of drug-likeness (QED) is 0.841. The number of benzene rings is 1. The van der Waals surface area contributed by atoms with E-state index in [1.54, 1.807) is 0 Å². The van der Waals surface area contributed by atoms with Crippen molar-refractivity contribution in [1.29, 1.82) is 0 Å². The molecule has 20 heavy (non-hydrogen) atoms. The molecule has 0 atom stereocenters. The number of anilines is 1. The number of aliphatic hydroxyl groups excluding tert-OH is 1. The standard InChI is InChI=1S/C17H24N2O/c1-4-17(5-2,12-20)11-18-16-10-13(3)19-15-9-7-6-8-14(15)16/h6-10,20H,4-5,11-12H2,1-3H3,(H,18,19). The summed E-state index contributed by atoms with van der Waals surface area (Å²) in [5.74, 6) is 0. The summed E-state index contributed by atoms with van der Waals surface area (Å²) in [6, 6.07) is 10.2. The Kier molecular flexibility index (Phi) is 4.61. The van der Waals surface area contributed by atoms with Gasteiger partial charge in [-0.2, -0.15) is 0 Å². The van der Waals surface area contributed by atoms with Gasteiger partial charge in [0.2, 0.25) is 0 Å². The molecule has 0 bridgehead atoms. The largest absolute Gasteiger partial charge is 0.396 e. The normalized spacial score (nSPS) is 11.8. The highest BCUT2D eigenvalue weighted by atomic mass is 16.3. The predicted octanol–water partition coefficient (Wildman–Crippen LogP) is 3.75. The van der Waals surface area contributed by atoms with Crippen LogP contribution in [0, 0.1) is 12.3 Å². The zero-order valence-electron chi connectivity index (χ0n) is 12.6. The van der Waals surface area contributed by atoms with Crippen LogP contribution in [0.4, 0.5) is 5.69 Å². The van der Waals surface area contributed by atoms with Gasteiger partial charge in [-0.05, 0) is 31.9 Å². The fourth-order valence-electron chi connectivity index (χ4n) is 2.52. The Morgan fingerprint density at radius 3 is 2.55 bits per heavy atom. The molecule has 0 saturated carbocycles. The molecule has 0 spiro atoms. The lowest BCUT2D eigenvalue weighted by Crippen LogP contribution is -2.32. The van der Waals surface area contributed by atoms with Crippen LogP contribution in [0.3, 0.4) is 0 Å². The number of para-hydroxylation sites is 1. The van der Waals surface area contributed by atoms with Gasteiger partial charge in [0.15, 0.2) is 0 Å². The van der Waals surface area contributed by atoms with Gasteiger partial charge >= 0.3 is 0 Å². The maximum atomic E-state index is 9.67. The van der Waals surface area contributed by atoms with Gasteiger partial charge in [-0.3, -0.25) is 4.98 Å². The molecular weight excluding hydrogens is 248 g/mol. The van der Waals surface area contributed by atoms with E-state index >= 15 is 0 Å². The van der Waals surface area contributed by atoms with Crippen LogP contribution in [0.2, 0.25) is 0 Å². The van der Waals surface area contributed by atoms with Crippen molar-refractivity contribution in [3.8, 4) is 0 Å². The summed E-state index contributed by atoms with van der Waals surface area (Å²) in [5.41, 5.74) is 3.08. The number of nitrogens with one attached hydrogen (secondary N) is 1. The molecular formula is C17H24N2O. The molecule has 0 saturated heterocycles. The third kappa shape index (κ3) is 2.93. The lowest BCUT2D eigenvalue weighted by atomic mass is 9.83. The molecule has 0 fully saturated rings. The SMILES string of the molecule is CCC(CC)(CO)CNc1cc(C)nc2ccccc12. The molecule has 1 heterocycles. The molecule has 3 nitrogen and oxygen atoms in total. The minimum absolute atomic E-state index is 0.0434. The van der Waals surface area contributed by atoms with E-state index in [9.17, 15) is 5.11 Å². The number of pyridine rings is 1. The fraction of sp³-hybridized carbons (Fsp3) is 0.471. The Morgan fingerprint density at radius 1 is 1.20 bits per heavy atom. The predicted molar refractivity (Wildman–Crippen MR) is 85.1 cm³/mol. The number of hydrogen-bond donors (Lipinski definition) is 2. The topological polar surface area (TPSA) is 45.1 Å². The summed E-state index contributed by atoms with van der Waals surface area (Å²) < 4.78 is 0. The molecule has 0 amide bonds. The van der Waals surface area contributed by atoms with Crippen LogP contribution in [0.15, 0.2) is 30.3 Å². The van der Waals surface area contributed by atoms with Gasteiger partial charge in [0.25, 0.3) is 0 Å². The van der Waals surface area contributed by atoms with Crippen molar-refractivity contribution in [2.75, 3.05) is 18.5 Å². The molecule has 108 valence electrons. The first-order valence-corrected chi connectivity index (χ1v) is 7.35. The van der Waals surface area contributed by atoms with Crippen molar-refractivity contribution in [1.82, 2.24) is 4.98 Å². The minimum Gasteiger partial charge on any atom is -0.396 e. The zero-order valence-corrected chi connectivity index (χ0v) is 12.6. The summed E-state index contributed by atoms with van der Waals surface area (Å²) in [6.45, 7) is 7.28. The van der Waals surface area contributed by atoms with Gasteiger partial charge < -0.3 is 10.4 Å². The van der Waals surface area contributed by atoms with E-state index in [0.29, 0.717) is 0 Å². The molecule has 2 rings (SSSR count). The van der Waals surface area contributed by atoms with Crippen LogP contribution in [0.25, 0.3) is 10.9 Å². The number of rotatable bonds is 6. The van der Waals surface area contributed by atoms with Crippen molar-refractivity contribution in [3.05, 3.63) is 36.0 Å². The summed E-state index contributed by atoms with van der Waals surface area (Å²) in [7, 11) is 0. The second-order valence-corrected chi connectivity index (χ2v) is 5.55. The number of nitrogens with zero attached hydrogens (tertiary/aromatic N) is 1. The zero-order chi connectivity index (χ0) is 14.6. The van der Waals surface area contributed by atoms with E-state index in [1.165, 1.54) is 0 Å². The second-order valence-electron chi connectivity index (χ2n) is 5.55. The van der Waals surface area contributed by atoms with Crippen molar-refractivity contribution in [2.45, 2.75) is 33.6 Å². The number of aromatic nitrogens is 1. The highest BCUT2D eigenvalue weighted by molar-refractivity contribution is 5.91. The third-order valence-corrected chi connectivity index (χ3v) is 4.33. The van der Waals surface area contributed by atoms with Crippen LogP contribution in [0.1, 0.15) is 32.4 Å². The molecule has 1 aromatic carbocycles. The molecule has 0 aliphatic carbocycles. The van der Waals surface area contributed by atoms with E-state index in [4.69, 9.17) is 0 Å². The van der Waals surface area contributed by atoms with Gasteiger partial charge in [0.1, 0.15) is 0 Å².